The number of nitrogens with zero attached hydrogens (tertiary/aromatic N) is 5. The third kappa shape index (κ3) is 3.11. The molecule has 146 valence electrons. The molecule has 0 saturated heterocycles. The van der Waals surface area contributed by atoms with Crippen molar-refractivity contribution < 1.29 is 0 Å². The summed E-state index contributed by atoms with van der Waals surface area (Å²) in [6, 6.07) is 4.24. The van der Waals surface area contributed by atoms with Crippen LogP contribution in [0.25, 0.3) is 22.5 Å². The maximum atomic E-state index is 5.27. The number of nitrogens with one attached hydrogen (secondary N) is 1. The number of tetrazole rings is 1. The van der Waals surface area contributed by atoms with Gasteiger partial charge in [-0.2, -0.15) is 0 Å². The third-order valence-electron chi connectivity index (χ3n) is 5.65. The molecule has 1 aliphatic rings. The van der Waals surface area contributed by atoms with Crippen molar-refractivity contribution in [3.63, 3.8) is 0 Å². The largest absolute Gasteiger partial charge is 0.262 e. The minimum Gasteiger partial charge on any atom is -0.262 e. The molecule has 1 aliphatic carbocycles. The first-order valence-corrected chi connectivity index (χ1v) is 9.93. The number of pyridine rings is 2. The summed E-state index contributed by atoms with van der Waals surface area (Å²) in [5, 5.41) is 15.0. The van der Waals surface area contributed by atoms with Gasteiger partial charge in [-0.05, 0) is 65.4 Å². The molecule has 0 unspecified atom stereocenters. The second-order valence-electron chi connectivity index (χ2n) is 9.46. The van der Waals surface area contributed by atoms with Crippen LogP contribution in [0.15, 0.2) is 18.3 Å². The molecule has 6 nitrogen and oxygen atoms in total. The van der Waals surface area contributed by atoms with Crippen LogP contribution < -0.4 is 0 Å². The second kappa shape index (κ2) is 6.47. The molecular formula is C22H28N6. The van der Waals surface area contributed by atoms with Crippen LogP contribution in [0.5, 0.6) is 0 Å². The van der Waals surface area contributed by atoms with Gasteiger partial charge < -0.3 is 0 Å². The Morgan fingerprint density at radius 1 is 1.14 bits per heavy atom. The van der Waals surface area contributed by atoms with Gasteiger partial charge in [0.2, 0.25) is 0 Å². The minimum absolute atomic E-state index is 0.0442. The van der Waals surface area contributed by atoms with Gasteiger partial charge in [-0.15, -0.1) is 5.10 Å². The van der Waals surface area contributed by atoms with Gasteiger partial charge in [-0.25, -0.2) is 5.10 Å². The summed E-state index contributed by atoms with van der Waals surface area (Å²) in [5.41, 5.74) is 7.82. The lowest BCUT2D eigenvalue weighted by Crippen LogP contribution is -2.29. The van der Waals surface area contributed by atoms with Crippen LogP contribution >= 0.6 is 0 Å². The molecule has 4 rings (SSSR count). The Kier molecular flexibility index (Phi) is 4.32. The summed E-state index contributed by atoms with van der Waals surface area (Å²) in [6.07, 6.45) is 5.20. The Bertz CT molecular complexity index is 1010. The van der Waals surface area contributed by atoms with E-state index in [2.05, 4.69) is 72.4 Å². The van der Waals surface area contributed by atoms with E-state index in [9.17, 15) is 0 Å². The lowest BCUT2D eigenvalue weighted by Gasteiger charge is -2.36. The predicted molar refractivity (Wildman–Crippen MR) is 110 cm³/mol. The van der Waals surface area contributed by atoms with Crippen molar-refractivity contribution >= 4 is 0 Å². The lowest BCUT2D eigenvalue weighted by atomic mass is 9.71. The van der Waals surface area contributed by atoms with Crippen LogP contribution in [0.4, 0.5) is 0 Å². The Morgan fingerprint density at radius 3 is 2.57 bits per heavy atom. The second-order valence-corrected chi connectivity index (χ2v) is 9.46. The summed E-state index contributed by atoms with van der Waals surface area (Å²) in [7, 11) is 0. The molecule has 3 aromatic rings. The molecule has 3 aromatic heterocycles. The summed E-state index contributed by atoms with van der Waals surface area (Å²) in [4.78, 5) is 9.68. The molecule has 28 heavy (non-hydrogen) atoms. The van der Waals surface area contributed by atoms with Crippen molar-refractivity contribution in [1.29, 1.82) is 0 Å². The van der Waals surface area contributed by atoms with E-state index in [1.165, 1.54) is 16.8 Å². The van der Waals surface area contributed by atoms with Crippen molar-refractivity contribution in [1.82, 2.24) is 30.6 Å². The zero-order valence-corrected chi connectivity index (χ0v) is 17.6. The van der Waals surface area contributed by atoms with Gasteiger partial charge in [-0.3, -0.25) is 9.97 Å². The molecule has 0 amide bonds. The van der Waals surface area contributed by atoms with Crippen molar-refractivity contribution in [2.24, 2.45) is 0 Å². The van der Waals surface area contributed by atoms with Crippen LogP contribution in [0.1, 0.15) is 70.1 Å². The Labute approximate surface area is 166 Å². The average molecular weight is 377 g/mol. The molecule has 0 saturated carbocycles. The molecule has 0 fully saturated rings. The first-order valence-electron chi connectivity index (χ1n) is 9.93. The summed E-state index contributed by atoms with van der Waals surface area (Å²) in [5.74, 6) is 0.674. The van der Waals surface area contributed by atoms with Crippen LogP contribution in [-0.4, -0.2) is 30.6 Å². The summed E-state index contributed by atoms with van der Waals surface area (Å²) < 4.78 is 0. The fraction of sp³-hybridized carbons (Fsp3) is 0.500. The molecule has 0 aliphatic heterocycles. The summed E-state index contributed by atoms with van der Waals surface area (Å²) >= 11 is 0. The van der Waals surface area contributed by atoms with Crippen LogP contribution in [0.3, 0.4) is 0 Å². The molecule has 0 aromatic carbocycles. The number of aryl methyl sites for hydroxylation is 1. The predicted octanol–water partition coefficient (Wildman–Crippen LogP) is 4.54. The zero-order chi connectivity index (χ0) is 20.1. The maximum absolute atomic E-state index is 5.27. The van der Waals surface area contributed by atoms with Gasteiger partial charge in [0.15, 0.2) is 5.82 Å². The highest BCUT2D eigenvalue weighted by atomic mass is 15.5. The number of aromatic nitrogens is 6. The number of hydrogen-bond donors (Lipinski definition) is 1. The van der Waals surface area contributed by atoms with Crippen LogP contribution in [0, 0.1) is 6.92 Å². The highest BCUT2D eigenvalue weighted by Crippen LogP contribution is 2.46. The van der Waals surface area contributed by atoms with E-state index in [0.717, 1.165) is 41.8 Å². The Balaban J connectivity index is 2.17. The van der Waals surface area contributed by atoms with Crippen LogP contribution in [0.2, 0.25) is 0 Å². The highest BCUT2D eigenvalue weighted by Gasteiger charge is 2.36. The van der Waals surface area contributed by atoms with E-state index in [1.54, 1.807) is 0 Å². The molecule has 3 heterocycles. The average Bonchev–Trinajstić information content (AvgIpc) is 3.13. The molecule has 0 spiro atoms. The number of fused-ring (bicyclic) bond motifs is 1. The quantitative estimate of drug-likeness (QED) is 0.710. The third-order valence-corrected chi connectivity index (χ3v) is 5.65. The normalized spacial score (nSPS) is 16.1. The van der Waals surface area contributed by atoms with Gasteiger partial charge >= 0.3 is 0 Å². The number of hydrogen-bond acceptors (Lipinski definition) is 5. The maximum Gasteiger partial charge on any atom is 0.181 e. The van der Waals surface area contributed by atoms with Gasteiger partial charge in [0, 0.05) is 22.7 Å². The van der Waals surface area contributed by atoms with Gasteiger partial charge in [0.05, 0.1) is 17.0 Å². The molecule has 0 bridgehead atoms. The minimum atomic E-state index is -0.151. The standard InChI is InChI=1S/C22H28N6/c1-13-12-14(9-11-23-13)16-15-8-7-10-22(5,6)18(15)24-19(21(2,3)4)17(16)20-25-27-28-26-20/h9,11-12H,7-8,10H2,1-6H3,(H,25,26,27,28). The topological polar surface area (TPSA) is 80.2 Å². The van der Waals surface area contributed by atoms with E-state index in [-0.39, 0.29) is 10.8 Å². The molecule has 1 N–H and O–H groups in total. The summed E-state index contributed by atoms with van der Waals surface area (Å²) in [6.45, 7) is 13.2. The van der Waals surface area contributed by atoms with Crippen molar-refractivity contribution in [2.45, 2.75) is 71.6 Å². The Hall–Kier alpha value is -2.63. The molecule has 6 heteroatoms. The fourth-order valence-electron chi connectivity index (χ4n) is 4.31. The lowest BCUT2D eigenvalue weighted by molar-refractivity contribution is 0.413. The molecule has 0 atom stereocenters. The zero-order valence-electron chi connectivity index (χ0n) is 17.6. The number of H-pyrrole nitrogens is 1. The fourth-order valence-corrected chi connectivity index (χ4v) is 4.31. The van der Waals surface area contributed by atoms with E-state index < -0.39 is 0 Å². The van der Waals surface area contributed by atoms with Gasteiger partial charge in [0.25, 0.3) is 0 Å². The molecular weight excluding hydrogens is 348 g/mol. The van der Waals surface area contributed by atoms with Crippen molar-refractivity contribution in [3.05, 3.63) is 41.0 Å². The van der Waals surface area contributed by atoms with Crippen molar-refractivity contribution in [3.8, 4) is 22.5 Å². The van der Waals surface area contributed by atoms with E-state index in [4.69, 9.17) is 4.98 Å². The van der Waals surface area contributed by atoms with E-state index >= 15 is 0 Å². The number of aromatic amines is 1. The Morgan fingerprint density at radius 2 is 1.93 bits per heavy atom. The van der Waals surface area contributed by atoms with Gasteiger partial charge in [0.1, 0.15) is 0 Å². The first kappa shape index (κ1) is 18.7. The van der Waals surface area contributed by atoms with Crippen LogP contribution in [-0.2, 0) is 17.3 Å². The smallest absolute Gasteiger partial charge is 0.181 e. The SMILES string of the molecule is Cc1cc(-c2c3c(nc(C(C)(C)C)c2-c2nnn[nH]2)C(C)(C)CCC3)ccn1. The monoisotopic (exact) mass is 376 g/mol. The van der Waals surface area contributed by atoms with E-state index in [1.807, 2.05) is 13.1 Å². The van der Waals surface area contributed by atoms with E-state index in [0.29, 0.717) is 5.82 Å². The highest BCUT2D eigenvalue weighted by molar-refractivity contribution is 5.86. The first-order chi connectivity index (χ1) is 13.2. The molecule has 0 radical (unpaired) electrons. The van der Waals surface area contributed by atoms with Gasteiger partial charge in [-0.1, -0.05) is 34.6 Å². The number of rotatable bonds is 2. The van der Waals surface area contributed by atoms with Crippen molar-refractivity contribution in [2.75, 3.05) is 0 Å².